The normalized spacial score (nSPS) is 16.6. The molecule has 0 amide bonds. The quantitative estimate of drug-likeness (QED) is 0.705. The highest BCUT2D eigenvalue weighted by Gasteiger charge is 2.48. The molecule has 3 aromatic rings. The van der Waals surface area contributed by atoms with Crippen LogP contribution in [0.15, 0.2) is 46.8 Å². The van der Waals surface area contributed by atoms with E-state index in [-0.39, 0.29) is 5.41 Å². The number of hydrogen-bond acceptors (Lipinski definition) is 3. The van der Waals surface area contributed by atoms with Crippen LogP contribution >= 0.6 is 11.3 Å². The zero-order chi connectivity index (χ0) is 17.7. The Balaban J connectivity index is 1.62. The van der Waals surface area contributed by atoms with Gasteiger partial charge in [-0.15, -0.1) is 11.3 Å². The minimum atomic E-state index is -3.42. The van der Waals surface area contributed by atoms with Crippen molar-refractivity contribution in [1.82, 2.24) is 9.29 Å². The van der Waals surface area contributed by atoms with Gasteiger partial charge < -0.3 is 4.98 Å². The zero-order valence-corrected chi connectivity index (χ0v) is 16.1. The average Bonchev–Trinajstić information content (AvgIpc) is 3.05. The number of sulfonamides is 1. The third-order valence-corrected chi connectivity index (χ3v) is 8.69. The number of aryl methyl sites for hydroxylation is 1. The molecule has 1 aliphatic carbocycles. The molecule has 132 valence electrons. The van der Waals surface area contributed by atoms with E-state index in [2.05, 4.69) is 23.3 Å². The Hall–Kier alpha value is -1.63. The van der Waals surface area contributed by atoms with Crippen LogP contribution in [-0.2, 0) is 21.9 Å². The van der Waals surface area contributed by atoms with E-state index in [9.17, 15) is 8.42 Å². The van der Waals surface area contributed by atoms with E-state index >= 15 is 0 Å². The lowest BCUT2D eigenvalue weighted by molar-refractivity contribution is 0.429. The van der Waals surface area contributed by atoms with Gasteiger partial charge in [0.05, 0.1) is 0 Å². The number of aromatic amines is 1. The first kappa shape index (κ1) is 16.8. The van der Waals surface area contributed by atoms with Crippen molar-refractivity contribution in [2.45, 2.75) is 35.8 Å². The number of H-pyrrole nitrogens is 1. The largest absolute Gasteiger partial charge is 0.361 e. The van der Waals surface area contributed by atoms with Crippen molar-refractivity contribution >= 4 is 32.3 Å². The molecule has 0 bridgehead atoms. The van der Waals surface area contributed by atoms with Crippen LogP contribution in [0.4, 0.5) is 0 Å². The summed E-state index contributed by atoms with van der Waals surface area (Å²) >= 11 is 1.38. The standard InChI is InChI=1S/C19H22N2O2S2/c1-3-14-8-9-18(24-14)25(22,23)21(2)13-19(10-11-19)16-12-20-17-7-5-4-6-15(16)17/h4-9,12,20H,3,10-11,13H2,1-2H3. The molecule has 0 aliphatic heterocycles. The summed E-state index contributed by atoms with van der Waals surface area (Å²) in [5.74, 6) is 0. The Bertz CT molecular complexity index is 1010. The van der Waals surface area contributed by atoms with Crippen molar-refractivity contribution in [2.24, 2.45) is 0 Å². The Labute approximate surface area is 152 Å². The maximum atomic E-state index is 12.9. The van der Waals surface area contributed by atoms with E-state index in [0.29, 0.717) is 10.8 Å². The Kier molecular flexibility index (Phi) is 4.02. The summed E-state index contributed by atoms with van der Waals surface area (Å²) in [6, 6.07) is 11.9. The molecule has 0 saturated heterocycles. The number of thiophene rings is 1. The molecule has 25 heavy (non-hydrogen) atoms. The highest BCUT2D eigenvalue weighted by Crippen LogP contribution is 2.51. The molecule has 1 fully saturated rings. The van der Waals surface area contributed by atoms with E-state index in [4.69, 9.17) is 0 Å². The van der Waals surface area contributed by atoms with Gasteiger partial charge in [-0.1, -0.05) is 25.1 Å². The van der Waals surface area contributed by atoms with Gasteiger partial charge in [-0.05, 0) is 43.0 Å². The van der Waals surface area contributed by atoms with Gasteiger partial charge in [0.2, 0.25) is 0 Å². The van der Waals surface area contributed by atoms with Gasteiger partial charge in [0, 0.05) is 41.0 Å². The summed E-state index contributed by atoms with van der Waals surface area (Å²) in [4.78, 5) is 4.42. The van der Waals surface area contributed by atoms with Gasteiger partial charge in [0.25, 0.3) is 10.0 Å². The number of hydrogen-bond donors (Lipinski definition) is 1. The van der Waals surface area contributed by atoms with Crippen molar-refractivity contribution < 1.29 is 8.42 Å². The minimum Gasteiger partial charge on any atom is -0.361 e. The fourth-order valence-corrected chi connectivity index (χ4v) is 6.29. The summed E-state index contributed by atoms with van der Waals surface area (Å²) < 4.78 is 27.8. The van der Waals surface area contributed by atoms with Crippen molar-refractivity contribution in [3.05, 3.63) is 53.0 Å². The predicted molar refractivity (Wildman–Crippen MR) is 103 cm³/mol. The van der Waals surface area contributed by atoms with Gasteiger partial charge in [-0.2, -0.15) is 4.31 Å². The van der Waals surface area contributed by atoms with Gasteiger partial charge in [0.15, 0.2) is 0 Å². The lowest BCUT2D eigenvalue weighted by Gasteiger charge is -2.23. The van der Waals surface area contributed by atoms with Crippen LogP contribution in [0.5, 0.6) is 0 Å². The molecule has 1 N–H and O–H groups in total. The molecule has 1 saturated carbocycles. The first-order chi connectivity index (χ1) is 12.0. The molecule has 1 aliphatic rings. The Morgan fingerprint density at radius 3 is 2.64 bits per heavy atom. The summed E-state index contributed by atoms with van der Waals surface area (Å²) in [5.41, 5.74) is 2.29. The highest BCUT2D eigenvalue weighted by molar-refractivity contribution is 7.91. The topological polar surface area (TPSA) is 53.2 Å². The molecule has 2 heterocycles. The second-order valence-electron chi connectivity index (χ2n) is 6.86. The van der Waals surface area contributed by atoms with E-state index in [1.807, 2.05) is 25.1 Å². The van der Waals surface area contributed by atoms with Crippen LogP contribution in [0.25, 0.3) is 10.9 Å². The summed E-state index contributed by atoms with van der Waals surface area (Å²) in [6.45, 7) is 2.57. The van der Waals surface area contributed by atoms with Gasteiger partial charge >= 0.3 is 0 Å². The first-order valence-electron chi connectivity index (χ1n) is 8.58. The Morgan fingerprint density at radius 2 is 1.96 bits per heavy atom. The lowest BCUT2D eigenvalue weighted by Crippen LogP contribution is -2.34. The van der Waals surface area contributed by atoms with E-state index in [1.54, 1.807) is 13.1 Å². The molecule has 2 aromatic heterocycles. The number of para-hydroxylation sites is 1. The maximum absolute atomic E-state index is 12.9. The van der Waals surface area contributed by atoms with Crippen molar-refractivity contribution in [3.63, 3.8) is 0 Å². The molecule has 0 unspecified atom stereocenters. The predicted octanol–water partition coefficient (Wildman–Crippen LogP) is 4.14. The van der Waals surface area contributed by atoms with Crippen LogP contribution < -0.4 is 0 Å². The van der Waals surface area contributed by atoms with Crippen LogP contribution in [0.3, 0.4) is 0 Å². The molecule has 4 nitrogen and oxygen atoms in total. The van der Waals surface area contributed by atoms with E-state index < -0.39 is 10.0 Å². The minimum absolute atomic E-state index is 0.0632. The second kappa shape index (κ2) is 5.97. The SMILES string of the molecule is CCc1ccc(S(=O)(=O)N(C)CC2(c3c[nH]c4ccccc34)CC2)s1. The Morgan fingerprint density at radius 1 is 1.20 bits per heavy atom. The van der Waals surface area contributed by atoms with Crippen LogP contribution in [-0.4, -0.2) is 31.3 Å². The third kappa shape index (κ3) is 2.82. The van der Waals surface area contributed by atoms with Crippen LogP contribution in [0, 0.1) is 0 Å². The van der Waals surface area contributed by atoms with Gasteiger partial charge in [0.1, 0.15) is 4.21 Å². The fourth-order valence-electron chi connectivity index (χ4n) is 3.53. The molecule has 0 atom stereocenters. The molecular weight excluding hydrogens is 352 g/mol. The smallest absolute Gasteiger partial charge is 0.252 e. The molecule has 6 heteroatoms. The average molecular weight is 375 g/mol. The lowest BCUT2D eigenvalue weighted by atomic mass is 9.95. The van der Waals surface area contributed by atoms with Crippen LogP contribution in [0.1, 0.15) is 30.2 Å². The number of benzene rings is 1. The first-order valence-corrected chi connectivity index (χ1v) is 10.8. The number of rotatable bonds is 6. The molecule has 4 rings (SSSR count). The highest BCUT2D eigenvalue weighted by atomic mass is 32.2. The molecule has 1 aromatic carbocycles. The van der Waals surface area contributed by atoms with E-state index in [1.165, 1.54) is 26.6 Å². The maximum Gasteiger partial charge on any atom is 0.252 e. The van der Waals surface area contributed by atoms with Gasteiger partial charge in [-0.3, -0.25) is 0 Å². The number of nitrogens with zero attached hydrogens (tertiary/aromatic N) is 1. The zero-order valence-electron chi connectivity index (χ0n) is 14.5. The molecule has 0 spiro atoms. The number of nitrogens with one attached hydrogen (secondary N) is 1. The second-order valence-corrected chi connectivity index (χ2v) is 10.3. The van der Waals surface area contributed by atoms with Gasteiger partial charge in [-0.25, -0.2) is 8.42 Å². The fraction of sp³-hybridized carbons (Fsp3) is 0.368. The molecular formula is C19H22N2O2S2. The third-order valence-electron chi connectivity index (χ3n) is 5.19. The monoisotopic (exact) mass is 374 g/mol. The number of fused-ring (bicyclic) bond motifs is 1. The number of aromatic nitrogens is 1. The summed E-state index contributed by atoms with van der Waals surface area (Å²) in [7, 11) is -1.72. The summed E-state index contributed by atoms with van der Waals surface area (Å²) in [6.07, 6.45) is 4.97. The van der Waals surface area contributed by atoms with Crippen molar-refractivity contribution in [3.8, 4) is 0 Å². The van der Waals surface area contributed by atoms with Crippen molar-refractivity contribution in [2.75, 3.05) is 13.6 Å². The molecule has 0 radical (unpaired) electrons. The summed E-state index contributed by atoms with van der Waals surface area (Å²) in [5, 5.41) is 1.20. The van der Waals surface area contributed by atoms with E-state index in [0.717, 1.165) is 29.7 Å². The van der Waals surface area contributed by atoms with Crippen molar-refractivity contribution in [1.29, 1.82) is 0 Å². The number of likely N-dealkylation sites (N-methyl/N-ethyl adjacent to an activating group) is 1. The van der Waals surface area contributed by atoms with Crippen LogP contribution in [0.2, 0.25) is 0 Å².